The van der Waals surface area contributed by atoms with Crippen LogP contribution in [-0.2, 0) is 22.5 Å². The molecule has 7 nitrogen and oxygen atoms in total. The van der Waals surface area contributed by atoms with E-state index in [0.29, 0.717) is 36.9 Å². The normalized spacial score (nSPS) is 18.9. The van der Waals surface area contributed by atoms with Gasteiger partial charge in [0.05, 0.1) is 12.2 Å². The minimum atomic E-state index is -0.399. The molecule has 27 heavy (non-hydrogen) atoms. The lowest BCUT2D eigenvalue weighted by Crippen LogP contribution is -2.38. The van der Waals surface area contributed by atoms with E-state index in [2.05, 4.69) is 15.6 Å². The first kappa shape index (κ1) is 17.9. The molecule has 1 aromatic carbocycles. The van der Waals surface area contributed by atoms with Gasteiger partial charge in [-0.1, -0.05) is 11.3 Å². The summed E-state index contributed by atoms with van der Waals surface area (Å²) in [4.78, 5) is 31.7. The molecule has 2 aliphatic rings. The van der Waals surface area contributed by atoms with Crippen molar-refractivity contribution < 1.29 is 18.7 Å². The van der Waals surface area contributed by atoms with Crippen molar-refractivity contribution in [2.75, 3.05) is 23.8 Å². The second kappa shape index (κ2) is 7.61. The fourth-order valence-corrected chi connectivity index (χ4v) is 4.16. The SMILES string of the molecule is O=C(Nc1nc2c(s1)CN(C(=O)Nc1ccc(F)cc1)CC2)C1CCCO1. The molecule has 0 aliphatic carbocycles. The number of halogens is 1. The van der Waals surface area contributed by atoms with Gasteiger partial charge in [-0.15, -0.1) is 0 Å². The van der Waals surface area contributed by atoms with Crippen molar-refractivity contribution >= 4 is 34.1 Å². The van der Waals surface area contributed by atoms with Crippen LogP contribution in [0.5, 0.6) is 0 Å². The summed E-state index contributed by atoms with van der Waals surface area (Å²) < 4.78 is 18.4. The number of hydrogen-bond donors (Lipinski definition) is 2. The second-order valence-electron chi connectivity index (χ2n) is 6.49. The summed E-state index contributed by atoms with van der Waals surface area (Å²) in [6.07, 6.45) is 1.85. The average Bonchev–Trinajstić information content (AvgIpc) is 3.32. The van der Waals surface area contributed by atoms with Crippen LogP contribution in [0.4, 0.5) is 20.0 Å². The molecule has 1 aromatic heterocycles. The Morgan fingerprint density at radius 2 is 2.07 bits per heavy atom. The molecule has 1 fully saturated rings. The number of nitrogens with one attached hydrogen (secondary N) is 2. The van der Waals surface area contributed by atoms with E-state index in [-0.39, 0.29) is 17.8 Å². The number of fused-ring (bicyclic) bond motifs is 1. The van der Waals surface area contributed by atoms with E-state index in [4.69, 9.17) is 4.74 Å². The summed E-state index contributed by atoms with van der Waals surface area (Å²) in [5.74, 6) is -0.512. The van der Waals surface area contributed by atoms with Gasteiger partial charge in [0.1, 0.15) is 11.9 Å². The molecule has 0 spiro atoms. The van der Waals surface area contributed by atoms with Gasteiger partial charge in [-0.3, -0.25) is 10.1 Å². The highest BCUT2D eigenvalue weighted by Gasteiger charge is 2.27. The van der Waals surface area contributed by atoms with Gasteiger partial charge in [0.25, 0.3) is 5.91 Å². The number of thiazole rings is 1. The second-order valence-corrected chi connectivity index (χ2v) is 7.57. The average molecular weight is 390 g/mol. The van der Waals surface area contributed by atoms with Crippen LogP contribution in [0.1, 0.15) is 23.4 Å². The van der Waals surface area contributed by atoms with Crippen LogP contribution in [-0.4, -0.2) is 41.1 Å². The Labute approximate surface area is 159 Å². The lowest BCUT2D eigenvalue weighted by molar-refractivity contribution is -0.124. The summed E-state index contributed by atoms with van der Waals surface area (Å²) in [7, 11) is 0. The molecule has 142 valence electrons. The van der Waals surface area contributed by atoms with Crippen LogP contribution < -0.4 is 10.6 Å². The number of hydrogen-bond acceptors (Lipinski definition) is 5. The smallest absolute Gasteiger partial charge is 0.322 e. The van der Waals surface area contributed by atoms with E-state index in [1.165, 1.54) is 35.6 Å². The fourth-order valence-electron chi connectivity index (χ4n) is 3.13. The molecule has 0 radical (unpaired) electrons. The molecule has 1 saturated heterocycles. The van der Waals surface area contributed by atoms with Gasteiger partial charge in [-0.05, 0) is 37.1 Å². The number of ether oxygens (including phenoxy) is 1. The predicted octanol–water partition coefficient (Wildman–Crippen LogP) is 2.99. The van der Waals surface area contributed by atoms with Gasteiger partial charge < -0.3 is 15.0 Å². The summed E-state index contributed by atoms with van der Waals surface area (Å²) in [6, 6.07) is 5.40. The molecule has 1 atom stereocenters. The van der Waals surface area contributed by atoms with Crippen molar-refractivity contribution in [3.63, 3.8) is 0 Å². The zero-order chi connectivity index (χ0) is 18.8. The highest BCUT2D eigenvalue weighted by molar-refractivity contribution is 7.15. The van der Waals surface area contributed by atoms with E-state index in [9.17, 15) is 14.0 Å². The first-order valence-corrected chi connectivity index (χ1v) is 9.63. The highest BCUT2D eigenvalue weighted by Crippen LogP contribution is 2.29. The van der Waals surface area contributed by atoms with E-state index in [0.717, 1.165) is 23.4 Å². The van der Waals surface area contributed by atoms with Gasteiger partial charge in [0, 0.05) is 30.1 Å². The zero-order valence-electron chi connectivity index (χ0n) is 14.5. The molecule has 9 heteroatoms. The third kappa shape index (κ3) is 4.09. The maximum atomic E-state index is 13.0. The third-order valence-electron chi connectivity index (χ3n) is 4.57. The van der Waals surface area contributed by atoms with Crippen molar-refractivity contribution in [3.8, 4) is 0 Å². The lowest BCUT2D eigenvalue weighted by Gasteiger charge is -2.26. The van der Waals surface area contributed by atoms with Crippen molar-refractivity contribution in [1.82, 2.24) is 9.88 Å². The monoisotopic (exact) mass is 390 g/mol. The quantitative estimate of drug-likeness (QED) is 0.844. The zero-order valence-corrected chi connectivity index (χ0v) is 15.4. The van der Waals surface area contributed by atoms with Crippen molar-refractivity contribution in [1.29, 1.82) is 0 Å². The Morgan fingerprint density at radius 1 is 1.26 bits per heavy atom. The number of urea groups is 1. The van der Waals surface area contributed by atoms with E-state index < -0.39 is 6.10 Å². The minimum absolute atomic E-state index is 0.162. The number of amides is 3. The largest absolute Gasteiger partial charge is 0.368 e. The topological polar surface area (TPSA) is 83.6 Å². The van der Waals surface area contributed by atoms with Crippen LogP contribution in [0.2, 0.25) is 0 Å². The Kier molecular flexibility index (Phi) is 5.04. The maximum Gasteiger partial charge on any atom is 0.322 e. The molecule has 3 amide bonds. The van der Waals surface area contributed by atoms with Crippen molar-refractivity contribution in [2.45, 2.75) is 31.9 Å². The number of aromatic nitrogens is 1. The predicted molar refractivity (Wildman–Crippen MR) is 99.3 cm³/mol. The van der Waals surface area contributed by atoms with E-state index in [1.807, 2.05) is 0 Å². The first-order valence-electron chi connectivity index (χ1n) is 8.81. The molecular formula is C18H19FN4O3S. The van der Waals surface area contributed by atoms with Gasteiger partial charge in [0.15, 0.2) is 5.13 Å². The van der Waals surface area contributed by atoms with Gasteiger partial charge >= 0.3 is 6.03 Å². The number of rotatable bonds is 3. The molecule has 4 rings (SSSR count). The summed E-state index contributed by atoms with van der Waals surface area (Å²) in [5.41, 5.74) is 1.45. The third-order valence-corrected chi connectivity index (χ3v) is 5.56. The van der Waals surface area contributed by atoms with Crippen LogP contribution >= 0.6 is 11.3 Å². The van der Waals surface area contributed by atoms with Crippen molar-refractivity contribution in [2.24, 2.45) is 0 Å². The standard InChI is InChI=1S/C18H19FN4O3S/c19-11-3-5-12(6-4-11)20-18(25)23-8-7-13-15(10-23)27-17(21-13)22-16(24)14-2-1-9-26-14/h3-6,14H,1-2,7-10H2,(H,20,25)(H,21,22,24). The molecule has 0 bridgehead atoms. The van der Waals surface area contributed by atoms with Crippen molar-refractivity contribution in [3.05, 3.63) is 40.7 Å². The number of nitrogens with zero attached hydrogens (tertiary/aromatic N) is 2. The first-order chi connectivity index (χ1) is 13.1. The lowest BCUT2D eigenvalue weighted by atomic mass is 10.2. The number of carbonyl (C=O) groups is 2. The molecule has 0 saturated carbocycles. The fraction of sp³-hybridized carbons (Fsp3) is 0.389. The number of anilines is 2. The molecule has 2 aromatic rings. The summed E-state index contributed by atoms with van der Waals surface area (Å²) in [5, 5.41) is 6.13. The van der Waals surface area contributed by atoms with Crippen LogP contribution in [0.15, 0.2) is 24.3 Å². The van der Waals surface area contributed by atoms with Gasteiger partial charge in [0.2, 0.25) is 0 Å². The Bertz CT molecular complexity index is 849. The highest BCUT2D eigenvalue weighted by atomic mass is 32.1. The summed E-state index contributed by atoms with van der Waals surface area (Å²) in [6.45, 7) is 1.57. The summed E-state index contributed by atoms with van der Waals surface area (Å²) >= 11 is 1.38. The minimum Gasteiger partial charge on any atom is -0.368 e. The van der Waals surface area contributed by atoms with E-state index in [1.54, 1.807) is 4.90 Å². The maximum absolute atomic E-state index is 13.0. The number of benzene rings is 1. The Balaban J connectivity index is 1.37. The molecule has 2 aliphatic heterocycles. The molecule has 3 heterocycles. The van der Waals surface area contributed by atoms with E-state index >= 15 is 0 Å². The molecule has 1 unspecified atom stereocenters. The van der Waals surface area contributed by atoms with Crippen LogP contribution in [0, 0.1) is 5.82 Å². The molecular weight excluding hydrogens is 371 g/mol. The molecule has 2 N–H and O–H groups in total. The Hall–Kier alpha value is -2.52. The van der Waals surface area contributed by atoms with Gasteiger partial charge in [-0.25, -0.2) is 14.2 Å². The van der Waals surface area contributed by atoms with Crippen LogP contribution in [0.3, 0.4) is 0 Å². The Morgan fingerprint density at radius 3 is 2.81 bits per heavy atom. The number of carbonyl (C=O) groups excluding carboxylic acids is 2. The van der Waals surface area contributed by atoms with Crippen LogP contribution in [0.25, 0.3) is 0 Å². The van der Waals surface area contributed by atoms with Gasteiger partial charge in [-0.2, -0.15) is 0 Å².